The molecule has 2 N–H and O–H groups in total. The van der Waals surface area contributed by atoms with Crippen molar-refractivity contribution in [3.05, 3.63) is 29.8 Å². The van der Waals surface area contributed by atoms with E-state index in [1.165, 1.54) is 31.2 Å². The first-order valence-corrected chi connectivity index (χ1v) is 7.26. The first-order valence-electron chi connectivity index (χ1n) is 7.26. The number of benzene rings is 1. The van der Waals surface area contributed by atoms with E-state index in [1.807, 2.05) is 12.1 Å². The lowest BCUT2D eigenvalue weighted by atomic mass is 10.0. The molecule has 1 atom stereocenters. The van der Waals surface area contributed by atoms with Gasteiger partial charge < -0.3 is 10.5 Å². The van der Waals surface area contributed by atoms with Gasteiger partial charge in [-0.25, -0.2) is 0 Å². The SMILES string of the molecule is CCCCCCC(N)c1cccc(OCCC)c1. The zero-order valence-electron chi connectivity index (χ0n) is 11.8. The maximum atomic E-state index is 6.22. The lowest BCUT2D eigenvalue weighted by Crippen LogP contribution is -2.10. The van der Waals surface area contributed by atoms with E-state index in [9.17, 15) is 0 Å². The largest absolute Gasteiger partial charge is 0.494 e. The molecule has 0 heterocycles. The van der Waals surface area contributed by atoms with Crippen molar-refractivity contribution in [2.24, 2.45) is 5.73 Å². The van der Waals surface area contributed by atoms with Crippen LogP contribution in [0.4, 0.5) is 0 Å². The molecule has 0 saturated carbocycles. The van der Waals surface area contributed by atoms with E-state index in [1.54, 1.807) is 0 Å². The van der Waals surface area contributed by atoms with Gasteiger partial charge in [-0.1, -0.05) is 51.7 Å². The van der Waals surface area contributed by atoms with E-state index in [0.717, 1.165) is 25.2 Å². The summed E-state index contributed by atoms with van der Waals surface area (Å²) in [5.41, 5.74) is 7.41. The van der Waals surface area contributed by atoms with Crippen molar-refractivity contribution in [1.29, 1.82) is 0 Å². The molecule has 2 nitrogen and oxygen atoms in total. The third-order valence-electron chi connectivity index (χ3n) is 3.13. The molecule has 1 rings (SSSR count). The number of hydrogen-bond acceptors (Lipinski definition) is 2. The van der Waals surface area contributed by atoms with Crippen molar-refractivity contribution in [3.8, 4) is 5.75 Å². The van der Waals surface area contributed by atoms with Gasteiger partial charge in [0.1, 0.15) is 5.75 Å². The smallest absolute Gasteiger partial charge is 0.119 e. The Kier molecular flexibility index (Phi) is 7.51. The predicted molar refractivity (Wildman–Crippen MR) is 77.9 cm³/mol. The molecule has 0 saturated heterocycles. The fourth-order valence-electron chi connectivity index (χ4n) is 2.01. The molecular weight excluding hydrogens is 222 g/mol. The summed E-state index contributed by atoms with van der Waals surface area (Å²) in [6.07, 6.45) is 7.19. The normalized spacial score (nSPS) is 12.4. The van der Waals surface area contributed by atoms with E-state index in [0.29, 0.717) is 0 Å². The van der Waals surface area contributed by atoms with Gasteiger partial charge in [-0.05, 0) is 30.5 Å². The number of nitrogens with two attached hydrogens (primary N) is 1. The second-order valence-electron chi connectivity index (χ2n) is 4.88. The van der Waals surface area contributed by atoms with E-state index >= 15 is 0 Å². The number of hydrogen-bond donors (Lipinski definition) is 1. The summed E-state index contributed by atoms with van der Waals surface area (Å²) in [5.74, 6) is 0.943. The van der Waals surface area contributed by atoms with E-state index in [2.05, 4.69) is 26.0 Å². The van der Waals surface area contributed by atoms with Crippen molar-refractivity contribution in [3.63, 3.8) is 0 Å². The number of rotatable bonds is 9. The molecule has 0 bridgehead atoms. The Labute approximate surface area is 112 Å². The molecule has 2 heteroatoms. The summed E-state index contributed by atoms with van der Waals surface area (Å²) in [6, 6.07) is 8.37. The summed E-state index contributed by atoms with van der Waals surface area (Å²) in [5, 5.41) is 0. The van der Waals surface area contributed by atoms with Gasteiger partial charge in [-0.3, -0.25) is 0 Å². The quantitative estimate of drug-likeness (QED) is 0.656. The van der Waals surface area contributed by atoms with Crippen molar-refractivity contribution >= 4 is 0 Å². The monoisotopic (exact) mass is 249 g/mol. The molecule has 0 aromatic heterocycles. The summed E-state index contributed by atoms with van der Waals surface area (Å²) >= 11 is 0. The maximum Gasteiger partial charge on any atom is 0.119 e. The molecule has 0 spiro atoms. The summed E-state index contributed by atoms with van der Waals surface area (Å²) < 4.78 is 5.63. The zero-order chi connectivity index (χ0) is 13.2. The van der Waals surface area contributed by atoms with Crippen molar-refractivity contribution in [2.75, 3.05) is 6.61 Å². The second kappa shape index (κ2) is 8.98. The Morgan fingerprint density at radius 2 is 1.94 bits per heavy atom. The van der Waals surface area contributed by atoms with Gasteiger partial charge in [0.05, 0.1) is 6.61 Å². The fourth-order valence-corrected chi connectivity index (χ4v) is 2.01. The highest BCUT2D eigenvalue weighted by Gasteiger charge is 2.06. The van der Waals surface area contributed by atoms with Crippen LogP contribution in [0.1, 0.15) is 64.0 Å². The van der Waals surface area contributed by atoms with Crippen LogP contribution in [0.5, 0.6) is 5.75 Å². The van der Waals surface area contributed by atoms with Crippen LogP contribution in [0.25, 0.3) is 0 Å². The first-order chi connectivity index (χ1) is 8.77. The third kappa shape index (κ3) is 5.54. The lowest BCUT2D eigenvalue weighted by Gasteiger charge is -2.13. The minimum Gasteiger partial charge on any atom is -0.494 e. The molecule has 1 aromatic rings. The molecule has 0 aliphatic heterocycles. The molecule has 0 aliphatic rings. The maximum absolute atomic E-state index is 6.22. The summed E-state index contributed by atoms with van der Waals surface area (Å²) in [7, 11) is 0. The topological polar surface area (TPSA) is 35.2 Å². The minimum absolute atomic E-state index is 0.145. The van der Waals surface area contributed by atoms with Gasteiger partial charge in [0.15, 0.2) is 0 Å². The molecule has 102 valence electrons. The highest BCUT2D eigenvalue weighted by atomic mass is 16.5. The van der Waals surface area contributed by atoms with E-state index in [-0.39, 0.29) is 6.04 Å². The van der Waals surface area contributed by atoms with Crippen LogP contribution < -0.4 is 10.5 Å². The van der Waals surface area contributed by atoms with Gasteiger partial charge in [-0.2, -0.15) is 0 Å². The Hall–Kier alpha value is -1.02. The molecule has 0 aliphatic carbocycles. The second-order valence-corrected chi connectivity index (χ2v) is 4.88. The Morgan fingerprint density at radius 1 is 1.11 bits per heavy atom. The van der Waals surface area contributed by atoms with Crippen LogP contribution in [0, 0.1) is 0 Å². The van der Waals surface area contributed by atoms with Crippen LogP contribution in [0.2, 0.25) is 0 Å². The molecule has 0 amide bonds. The fraction of sp³-hybridized carbons (Fsp3) is 0.625. The lowest BCUT2D eigenvalue weighted by molar-refractivity contribution is 0.317. The van der Waals surface area contributed by atoms with E-state index in [4.69, 9.17) is 10.5 Å². The molecule has 0 fully saturated rings. The van der Waals surface area contributed by atoms with Gasteiger partial charge in [-0.15, -0.1) is 0 Å². The Morgan fingerprint density at radius 3 is 2.67 bits per heavy atom. The standard InChI is InChI=1S/C16H27NO/c1-3-5-6-7-11-16(17)14-9-8-10-15(13-14)18-12-4-2/h8-10,13,16H,3-7,11-12,17H2,1-2H3. The highest BCUT2D eigenvalue weighted by molar-refractivity contribution is 5.30. The molecule has 18 heavy (non-hydrogen) atoms. The highest BCUT2D eigenvalue weighted by Crippen LogP contribution is 2.22. The number of unbranched alkanes of at least 4 members (excludes halogenated alkanes) is 3. The van der Waals surface area contributed by atoms with Crippen LogP contribution in [0.15, 0.2) is 24.3 Å². The van der Waals surface area contributed by atoms with Gasteiger partial charge in [0.2, 0.25) is 0 Å². The molecule has 0 radical (unpaired) electrons. The average Bonchev–Trinajstić information content (AvgIpc) is 2.41. The van der Waals surface area contributed by atoms with Crippen LogP contribution in [-0.4, -0.2) is 6.61 Å². The minimum atomic E-state index is 0.145. The Balaban J connectivity index is 2.43. The van der Waals surface area contributed by atoms with Gasteiger partial charge in [0, 0.05) is 6.04 Å². The zero-order valence-corrected chi connectivity index (χ0v) is 11.8. The number of ether oxygens (including phenoxy) is 1. The van der Waals surface area contributed by atoms with Gasteiger partial charge >= 0.3 is 0 Å². The average molecular weight is 249 g/mol. The molecular formula is C16H27NO. The van der Waals surface area contributed by atoms with Crippen LogP contribution >= 0.6 is 0 Å². The summed E-state index contributed by atoms with van der Waals surface area (Å²) in [6.45, 7) is 5.12. The van der Waals surface area contributed by atoms with Crippen molar-refractivity contribution in [1.82, 2.24) is 0 Å². The third-order valence-corrected chi connectivity index (χ3v) is 3.13. The van der Waals surface area contributed by atoms with Crippen molar-refractivity contribution in [2.45, 2.75) is 58.4 Å². The predicted octanol–water partition coefficient (Wildman–Crippen LogP) is 4.45. The van der Waals surface area contributed by atoms with Gasteiger partial charge in [0.25, 0.3) is 0 Å². The van der Waals surface area contributed by atoms with E-state index < -0.39 is 0 Å². The van der Waals surface area contributed by atoms with Crippen molar-refractivity contribution < 1.29 is 4.74 Å². The van der Waals surface area contributed by atoms with Crippen LogP contribution in [-0.2, 0) is 0 Å². The molecule has 1 aromatic carbocycles. The Bertz CT molecular complexity index is 325. The van der Waals surface area contributed by atoms with Crippen LogP contribution in [0.3, 0.4) is 0 Å². The molecule has 1 unspecified atom stereocenters. The summed E-state index contributed by atoms with van der Waals surface area (Å²) in [4.78, 5) is 0. The first kappa shape index (κ1) is 15.0.